The second kappa shape index (κ2) is 2.03. The van der Waals surface area contributed by atoms with Gasteiger partial charge in [-0.2, -0.15) is 0 Å². The van der Waals surface area contributed by atoms with Gasteiger partial charge in [0.2, 0.25) is 0 Å². The minimum Gasteiger partial charge on any atom is -0.277 e. The van der Waals surface area contributed by atoms with E-state index in [0.717, 1.165) is 5.75 Å². The van der Waals surface area contributed by atoms with Crippen LogP contribution in [0.15, 0.2) is 0 Å². The Balaban J connectivity index is 2.26. The van der Waals surface area contributed by atoms with E-state index in [4.69, 9.17) is 0 Å². The van der Waals surface area contributed by atoms with E-state index in [9.17, 15) is 5.11 Å². The average molecular weight is 118 g/mol. The highest BCUT2D eigenvalue weighted by molar-refractivity contribution is 8.00. The lowest BCUT2D eigenvalue weighted by Gasteiger charge is -1.97. The van der Waals surface area contributed by atoms with Crippen LogP contribution in [0.25, 0.3) is 0 Å². The molecule has 0 amide bonds. The molecule has 2 atom stereocenters. The first kappa shape index (κ1) is 5.41. The van der Waals surface area contributed by atoms with Gasteiger partial charge in [0, 0.05) is 5.75 Å². The Bertz CT molecular complexity index is 60.7. The molecule has 41 valence electrons. The molecule has 2 unspecified atom stereocenters. The van der Waals surface area contributed by atoms with Gasteiger partial charge in [-0.3, -0.25) is 5.32 Å². The fourth-order valence-corrected chi connectivity index (χ4v) is 1.40. The van der Waals surface area contributed by atoms with E-state index in [2.05, 4.69) is 5.32 Å². The van der Waals surface area contributed by atoms with Crippen molar-refractivity contribution in [3.8, 4) is 0 Å². The molecule has 1 heterocycles. The van der Waals surface area contributed by atoms with Crippen molar-refractivity contribution in [2.24, 2.45) is 0 Å². The summed E-state index contributed by atoms with van der Waals surface area (Å²) in [4.78, 5) is 0. The largest absolute Gasteiger partial charge is 0.277 e. The summed E-state index contributed by atoms with van der Waals surface area (Å²) in [5, 5.41) is 13.6. The van der Waals surface area contributed by atoms with Gasteiger partial charge in [0.25, 0.3) is 0 Å². The predicted octanol–water partition coefficient (Wildman–Crippen LogP) is 0.425. The molecule has 7 heavy (non-hydrogen) atoms. The second-order valence-corrected chi connectivity index (χ2v) is 3.00. The van der Waals surface area contributed by atoms with Crippen LogP contribution in [0.5, 0.6) is 0 Å². The zero-order chi connectivity index (χ0) is 5.28. The molecule has 0 aromatic rings. The molecular weight excluding hydrogens is 110 g/mol. The van der Waals surface area contributed by atoms with Gasteiger partial charge in [-0.15, -0.1) is 11.8 Å². The topological polar surface area (TPSA) is 31.9 Å². The molecule has 0 saturated carbocycles. The molecule has 0 aromatic carbocycles. The lowest BCUT2D eigenvalue weighted by atomic mass is 10.6. The van der Waals surface area contributed by atoms with Crippen LogP contribution < -0.4 is 5.32 Å². The minimum atomic E-state index is -0.514. The summed E-state index contributed by atoms with van der Waals surface area (Å²) in [6.07, 6.45) is -0.514. The van der Waals surface area contributed by atoms with E-state index < -0.39 is 6.23 Å². The molecule has 0 spiro atoms. The van der Waals surface area contributed by atoms with Crippen molar-refractivity contribution in [1.29, 1.82) is 0 Å². The molecule has 0 bridgehead atoms. The van der Waals surface area contributed by atoms with Crippen molar-refractivity contribution >= 4 is 11.8 Å². The molecule has 1 saturated heterocycles. The Morgan fingerprint density at radius 2 is 2.57 bits per heavy atom. The third-order valence-corrected chi connectivity index (χ3v) is 2.05. The molecule has 1 fully saturated rings. The van der Waals surface area contributed by atoms with Crippen LogP contribution in [0.3, 0.4) is 0 Å². The van der Waals surface area contributed by atoms with Gasteiger partial charge in [-0.25, -0.2) is 5.11 Å². The summed E-state index contributed by atoms with van der Waals surface area (Å²) in [5.74, 6) is 0.723. The van der Waals surface area contributed by atoms with E-state index in [-0.39, 0.29) is 0 Å². The van der Waals surface area contributed by atoms with Gasteiger partial charge in [0.15, 0.2) is 6.23 Å². The number of hydrogen-bond acceptors (Lipinski definition) is 2. The smallest absolute Gasteiger partial charge is 0.153 e. The molecule has 2 nitrogen and oxygen atoms in total. The van der Waals surface area contributed by atoms with Crippen LogP contribution in [0, 0.1) is 0 Å². The SMILES string of the molecule is CC1NC([O])CS1. The molecule has 1 radical (unpaired) electrons. The Kier molecular flexibility index (Phi) is 1.57. The maximum Gasteiger partial charge on any atom is 0.153 e. The Morgan fingerprint density at radius 1 is 1.86 bits per heavy atom. The highest BCUT2D eigenvalue weighted by Crippen LogP contribution is 2.15. The van der Waals surface area contributed by atoms with E-state index in [1.54, 1.807) is 11.8 Å². The van der Waals surface area contributed by atoms with Crippen molar-refractivity contribution in [2.45, 2.75) is 18.5 Å². The van der Waals surface area contributed by atoms with Crippen molar-refractivity contribution < 1.29 is 5.11 Å². The van der Waals surface area contributed by atoms with Crippen molar-refractivity contribution in [1.82, 2.24) is 5.32 Å². The summed E-state index contributed by atoms with van der Waals surface area (Å²) < 4.78 is 0. The Labute approximate surface area is 47.3 Å². The first-order valence-electron chi connectivity index (χ1n) is 2.32. The first-order chi connectivity index (χ1) is 3.29. The zero-order valence-electron chi connectivity index (χ0n) is 4.18. The number of rotatable bonds is 0. The van der Waals surface area contributed by atoms with Crippen LogP contribution in [0.4, 0.5) is 0 Å². The Morgan fingerprint density at radius 3 is 2.71 bits per heavy atom. The summed E-state index contributed by atoms with van der Waals surface area (Å²) in [6.45, 7) is 2.00. The second-order valence-electron chi connectivity index (χ2n) is 1.63. The summed E-state index contributed by atoms with van der Waals surface area (Å²) in [6, 6.07) is 0. The average Bonchev–Trinajstić information content (AvgIpc) is 1.87. The van der Waals surface area contributed by atoms with Crippen molar-refractivity contribution in [2.75, 3.05) is 5.75 Å². The molecule has 1 aliphatic rings. The van der Waals surface area contributed by atoms with Crippen molar-refractivity contribution in [3.05, 3.63) is 0 Å². The summed E-state index contributed by atoms with van der Waals surface area (Å²) in [5.41, 5.74) is 0. The summed E-state index contributed by atoms with van der Waals surface area (Å²) in [7, 11) is 0. The van der Waals surface area contributed by atoms with Gasteiger partial charge in [-0.1, -0.05) is 0 Å². The van der Waals surface area contributed by atoms with Gasteiger partial charge in [-0.05, 0) is 6.92 Å². The number of thioether (sulfide) groups is 1. The van der Waals surface area contributed by atoms with Crippen LogP contribution in [-0.2, 0) is 5.11 Å². The van der Waals surface area contributed by atoms with Crippen molar-refractivity contribution in [3.63, 3.8) is 0 Å². The van der Waals surface area contributed by atoms with Gasteiger partial charge >= 0.3 is 0 Å². The third kappa shape index (κ3) is 1.33. The molecular formula is C4H8NOS. The Hall–Kier alpha value is 0.270. The lowest BCUT2D eigenvalue weighted by Crippen LogP contribution is -2.25. The molecule has 3 heteroatoms. The summed E-state index contributed by atoms with van der Waals surface area (Å²) >= 11 is 1.68. The zero-order valence-corrected chi connectivity index (χ0v) is 4.99. The standard InChI is InChI=1S/C4H8NOS/c1-3-5-4(6)2-7-3/h3-5H,2H2,1H3. The number of nitrogens with one attached hydrogen (secondary N) is 1. The normalized spacial score (nSPS) is 42.0. The fourth-order valence-electron chi connectivity index (χ4n) is 0.590. The van der Waals surface area contributed by atoms with E-state index in [0.29, 0.717) is 5.37 Å². The van der Waals surface area contributed by atoms with Gasteiger partial charge in [0.05, 0.1) is 5.37 Å². The van der Waals surface area contributed by atoms with E-state index in [1.807, 2.05) is 6.92 Å². The maximum absolute atomic E-state index is 10.4. The van der Waals surface area contributed by atoms with E-state index >= 15 is 0 Å². The van der Waals surface area contributed by atoms with Gasteiger partial charge < -0.3 is 0 Å². The van der Waals surface area contributed by atoms with E-state index in [1.165, 1.54) is 0 Å². The molecule has 1 aliphatic heterocycles. The fraction of sp³-hybridized carbons (Fsp3) is 1.00. The third-order valence-electron chi connectivity index (χ3n) is 0.918. The maximum atomic E-state index is 10.4. The quantitative estimate of drug-likeness (QED) is 0.500. The van der Waals surface area contributed by atoms with Crippen LogP contribution in [0.2, 0.25) is 0 Å². The lowest BCUT2D eigenvalue weighted by molar-refractivity contribution is 0.0852. The predicted molar refractivity (Wildman–Crippen MR) is 29.5 cm³/mol. The number of hydrogen-bond donors (Lipinski definition) is 1. The van der Waals surface area contributed by atoms with Crippen LogP contribution in [0.1, 0.15) is 6.92 Å². The molecule has 1 rings (SSSR count). The highest BCUT2D eigenvalue weighted by atomic mass is 32.2. The first-order valence-corrected chi connectivity index (χ1v) is 3.37. The molecule has 0 aromatic heterocycles. The molecule has 1 N–H and O–H groups in total. The highest BCUT2D eigenvalue weighted by Gasteiger charge is 2.18. The van der Waals surface area contributed by atoms with Crippen LogP contribution >= 0.6 is 11.8 Å². The molecule has 0 aliphatic carbocycles. The van der Waals surface area contributed by atoms with Gasteiger partial charge in [0.1, 0.15) is 0 Å². The van der Waals surface area contributed by atoms with Crippen LogP contribution in [-0.4, -0.2) is 17.4 Å². The monoisotopic (exact) mass is 118 g/mol. The minimum absolute atomic E-state index is 0.377.